The van der Waals surface area contributed by atoms with Gasteiger partial charge in [-0.1, -0.05) is 6.92 Å². The monoisotopic (exact) mass is 273 g/mol. The Bertz CT molecular complexity index is 452. The van der Waals surface area contributed by atoms with Gasteiger partial charge in [0.2, 0.25) is 10.0 Å². The zero-order valence-corrected chi connectivity index (χ0v) is 12.2. The predicted octanol–water partition coefficient (Wildman–Crippen LogP) is 0.879. The van der Waals surface area contributed by atoms with E-state index in [9.17, 15) is 8.42 Å². The Hall–Kier alpha value is -0.850. The minimum Gasteiger partial charge on any atom is -0.350 e. The second-order valence-electron chi connectivity index (χ2n) is 4.47. The molecule has 1 aromatic rings. The fraction of sp³-hybridized carbons (Fsp3) is 0.667. The first-order valence-corrected chi connectivity index (χ1v) is 7.83. The molecule has 0 bridgehead atoms. The smallest absolute Gasteiger partial charge is 0.214 e. The van der Waals surface area contributed by atoms with E-state index in [0.717, 1.165) is 13.0 Å². The molecule has 0 aliphatic carbocycles. The molecule has 0 amide bonds. The van der Waals surface area contributed by atoms with Gasteiger partial charge in [-0.2, -0.15) is 0 Å². The van der Waals surface area contributed by atoms with Crippen LogP contribution in [-0.4, -0.2) is 43.7 Å². The molecule has 0 spiro atoms. The Kier molecular flexibility index (Phi) is 5.84. The molecule has 0 fully saturated rings. The largest absolute Gasteiger partial charge is 0.350 e. The third-order valence-electron chi connectivity index (χ3n) is 2.79. The normalized spacial score (nSPS) is 12.2. The van der Waals surface area contributed by atoms with Gasteiger partial charge in [-0.15, -0.1) is 0 Å². The minimum absolute atomic E-state index is 0.133. The van der Waals surface area contributed by atoms with Crippen LogP contribution in [0.15, 0.2) is 18.3 Å². The van der Waals surface area contributed by atoms with Crippen LogP contribution in [0, 0.1) is 0 Å². The lowest BCUT2D eigenvalue weighted by atomic mass is 10.4. The van der Waals surface area contributed by atoms with E-state index < -0.39 is 10.0 Å². The van der Waals surface area contributed by atoms with E-state index >= 15 is 0 Å². The van der Waals surface area contributed by atoms with E-state index in [1.54, 1.807) is 14.1 Å². The molecule has 0 aliphatic heterocycles. The Morgan fingerprint density at radius 1 is 1.39 bits per heavy atom. The number of nitrogens with one attached hydrogen (secondary N) is 1. The fourth-order valence-corrected chi connectivity index (χ4v) is 2.44. The molecule has 1 rings (SSSR count). The van der Waals surface area contributed by atoms with Gasteiger partial charge in [0, 0.05) is 45.6 Å². The Labute approximate surface area is 110 Å². The maximum absolute atomic E-state index is 11.5. The first-order chi connectivity index (χ1) is 8.47. The molecule has 0 aliphatic rings. The van der Waals surface area contributed by atoms with Gasteiger partial charge in [0.05, 0.1) is 5.75 Å². The van der Waals surface area contributed by atoms with Gasteiger partial charge < -0.3 is 9.88 Å². The van der Waals surface area contributed by atoms with Gasteiger partial charge in [-0.3, -0.25) is 0 Å². The third kappa shape index (κ3) is 4.44. The number of nitrogens with zero attached hydrogens (tertiary/aromatic N) is 2. The average Bonchev–Trinajstić information content (AvgIpc) is 2.72. The molecule has 0 saturated carbocycles. The van der Waals surface area contributed by atoms with Crippen LogP contribution < -0.4 is 5.32 Å². The minimum atomic E-state index is -3.10. The molecule has 0 radical (unpaired) electrons. The summed E-state index contributed by atoms with van der Waals surface area (Å²) in [7, 11) is 0.0190. The zero-order chi connectivity index (χ0) is 13.6. The van der Waals surface area contributed by atoms with Crippen molar-refractivity contribution in [3.05, 3.63) is 24.0 Å². The molecule has 0 unspecified atom stereocenters. The van der Waals surface area contributed by atoms with Crippen LogP contribution in [0.3, 0.4) is 0 Å². The highest BCUT2D eigenvalue weighted by molar-refractivity contribution is 7.89. The van der Waals surface area contributed by atoms with Crippen molar-refractivity contribution in [2.75, 3.05) is 26.4 Å². The van der Waals surface area contributed by atoms with Crippen molar-refractivity contribution < 1.29 is 8.42 Å². The Morgan fingerprint density at radius 2 is 2.11 bits per heavy atom. The second kappa shape index (κ2) is 6.92. The summed E-state index contributed by atoms with van der Waals surface area (Å²) >= 11 is 0. The quantitative estimate of drug-likeness (QED) is 0.715. The topological polar surface area (TPSA) is 54.3 Å². The lowest BCUT2D eigenvalue weighted by Gasteiger charge is -2.12. The average molecular weight is 273 g/mol. The van der Waals surface area contributed by atoms with Crippen molar-refractivity contribution >= 4 is 10.0 Å². The van der Waals surface area contributed by atoms with Gasteiger partial charge in [0.1, 0.15) is 0 Å². The summed E-state index contributed by atoms with van der Waals surface area (Å²) in [5.74, 6) is 0.133. The van der Waals surface area contributed by atoms with Crippen LogP contribution in [-0.2, 0) is 23.1 Å². The predicted molar refractivity (Wildman–Crippen MR) is 73.9 cm³/mol. The summed E-state index contributed by atoms with van der Waals surface area (Å²) in [6.45, 7) is 4.31. The fourth-order valence-electron chi connectivity index (χ4n) is 1.67. The number of hydrogen-bond donors (Lipinski definition) is 1. The van der Waals surface area contributed by atoms with Crippen molar-refractivity contribution in [3.63, 3.8) is 0 Å². The van der Waals surface area contributed by atoms with Crippen LogP contribution in [0.5, 0.6) is 0 Å². The van der Waals surface area contributed by atoms with E-state index in [4.69, 9.17) is 0 Å². The van der Waals surface area contributed by atoms with Gasteiger partial charge in [-0.05, 0) is 18.6 Å². The maximum Gasteiger partial charge on any atom is 0.214 e. The number of aryl methyl sites for hydroxylation is 1. The molecule has 0 atom stereocenters. The van der Waals surface area contributed by atoms with Crippen molar-refractivity contribution in [2.24, 2.45) is 0 Å². The standard InChI is InChI=1S/C12H23N3O2S/c1-4-8-15-9-5-6-12(15)11-13-7-10-18(16,17)14(2)3/h5-6,9,13H,4,7-8,10-11H2,1-3H3. The highest BCUT2D eigenvalue weighted by Crippen LogP contribution is 2.03. The van der Waals surface area contributed by atoms with Crippen LogP contribution in [0.2, 0.25) is 0 Å². The van der Waals surface area contributed by atoms with E-state index in [1.165, 1.54) is 10.00 Å². The van der Waals surface area contributed by atoms with Crippen molar-refractivity contribution in [2.45, 2.75) is 26.4 Å². The van der Waals surface area contributed by atoms with E-state index in [0.29, 0.717) is 13.1 Å². The number of sulfonamides is 1. The molecule has 1 aromatic heterocycles. The molecule has 104 valence electrons. The van der Waals surface area contributed by atoms with Gasteiger partial charge in [0.25, 0.3) is 0 Å². The molecular weight excluding hydrogens is 250 g/mol. The molecular formula is C12H23N3O2S. The molecule has 0 saturated heterocycles. The number of hydrogen-bond acceptors (Lipinski definition) is 3. The van der Waals surface area contributed by atoms with Crippen molar-refractivity contribution in [3.8, 4) is 0 Å². The molecule has 0 aromatic carbocycles. The zero-order valence-electron chi connectivity index (χ0n) is 11.4. The van der Waals surface area contributed by atoms with Gasteiger partial charge >= 0.3 is 0 Å². The SMILES string of the molecule is CCCn1cccc1CNCCS(=O)(=O)N(C)C. The van der Waals surface area contributed by atoms with Gasteiger partial charge in [-0.25, -0.2) is 12.7 Å². The van der Waals surface area contributed by atoms with Crippen molar-refractivity contribution in [1.29, 1.82) is 0 Å². The molecule has 6 heteroatoms. The lowest BCUT2D eigenvalue weighted by Crippen LogP contribution is -2.31. The summed E-state index contributed by atoms with van der Waals surface area (Å²) < 4.78 is 26.5. The molecule has 18 heavy (non-hydrogen) atoms. The Morgan fingerprint density at radius 3 is 2.72 bits per heavy atom. The number of rotatable bonds is 8. The summed E-state index contributed by atoms with van der Waals surface area (Å²) in [4.78, 5) is 0. The van der Waals surface area contributed by atoms with Crippen molar-refractivity contribution in [1.82, 2.24) is 14.2 Å². The van der Waals surface area contributed by atoms with Crippen LogP contribution in [0.25, 0.3) is 0 Å². The lowest BCUT2D eigenvalue weighted by molar-refractivity contribution is 0.516. The van der Waals surface area contributed by atoms with Crippen LogP contribution in [0.1, 0.15) is 19.0 Å². The maximum atomic E-state index is 11.5. The second-order valence-corrected chi connectivity index (χ2v) is 6.77. The summed E-state index contributed by atoms with van der Waals surface area (Å²) in [5.41, 5.74) is 1.19. The summed E-state index contributed by atoms with van der Waals surface area (Å²) in [6, 6.07) is 4.08. The van der Waals surface area contributed by atoms with Gasteiger partial charge in [0.15, 0.2) is 0 Å². The molecule has 5 nitrogen and oxygen atoms in total. The molecule has 1 N–H and O–H groups in total. The highest BCUT2D eigenvalue weighted by Gasteiger charge is 2.12. The number of aromatic nitrogens is 1. The molecule has 1 heterocycles. The Balaban J connectivity index is 2.36. The summed E-state index contributed by atoms with van der Waals surface area (Å²) in [6.07, 6.45) is 3.15. The third-order valence-corrected chi connectivity index (χ3v) is 4.62. The first kappa shape index (κ1) is 15.2. The van der Waals surface area contributed by atoms with Crippen LogP contribution >= 0.6 is 0 Å². The summed E-state index contributed by atoms with van der Waals surface area (Å²) in [5, 5.41) is 3.17. The van der Waals surface area contributed by atoms with E-state index in [1.807, 2.05) is 6.07 Å². The van der Waals surface area contributed by atoms with Crippen LogP contribution in [0.4, 0.5) is 0 Å². The first-order valence-electron chi connectivity index (χ1n) is 6.22. The van der Waals surface area contributed by atoms with E-state index in [2.05, 4.69) is 29.1 Å². The van der Waals surface area contributed by atoms with E-state index in [-0.39, 0.29) is 5.75 Å². The highest BCUT2D eigenvalue weighted by atomic mass is 32.2.